The highest BCUT2D eigenvalue weighted by atomic mass is 16.3. The van der Waals surface area contributed by atoms with Crippen LogP contribution in [-0.2, 0) is 0 Å². The summed E-state index contributed by atoms with van der Waals surface area (Å²) in [6, 6.07) is 15.3. The second-order valence-corrected chi connectivity index (χ2v) is 5.50. The van der Waals surface area contributed by atoms with Crippen LogP contribution >= 0.6 is 0 Å². The van der Waals surface area contributed by atoms with E-state index < -0.39 is 0 Å². The van der Waals surface area contributed by atoms with Gasteiger partial charge in [-0.05, 0) is 48.4 Å². The number of rotatable bonds is 4. The first-order valence-electron chi connectivity index (χ1n) is 7.47. The Hall–Kier alpha value is -2.06. The van der Waals surface area contributed by atoms with Gasteiger partial charge in [0.25, 0.3) is 0 Å². The van der Waals surface area contributed by atoms with Gasteiger partial charge in [-0.3, -0.25) is 0 Å². The molecule has 0 spiro atoms. The maximum absolute atomic E-state index is 5.51. The van der Waals surface area contributed by atoms with Gasteiger partial charge in [-0.15, -0.1) is 0 Å². The van der Waals surface area contributed by atoms with Gasteiger partial charge in [0.05, 0.1) is 12.3 Å². The molecule has 108 valence electrons. The molecule has 3 rings (SSSR count). The molecule has 2 heteroatoms. The summed E-state index contributed by atoms with van der Waals surface area (Å²) < 4.78 is 5.51. The highest BCUT2D eigenvalue weighted by Gasteiger charge is 2.17. The minimum Gasteiger partial charge on any atom is -0.469 e. The van der Waals surface area contributed by atoms with E-state index in [-0.39, 0.29) is 6.04 Å². The van der Waals surface area contributed by atoms with Crippen LogP contribution in [0.3, 0.4) is 0 Å². The molecule has 1 heterocycles. The molecule has 0 bridgehead atoms. The second-order valence-electron chi connectivity index (χ2n) is 5.50. The molecular formula is C19H21NO. The predicted octanol–water partition coefficient (Wildman–Crippen LogP) is 4.75. The van der Waals surface area contributed by atoms with E-state index in [2.05, 4.69) is 61.6 Å². The van der Waals surface area contributed by atoms with Crippen molar-refractivity contribution in [1.82, 2.24) is 5.32 Å². The van der Waals surface area contributed by atoms with Gasteiger partial charge in [-0.1, -0.05) is 43.3 Å². The first-order valence-corrected chi connectivity index (χ1v) is 7.47. The lowest BCUT2D eigenvalue weighted by Gasteiger charge is -2.20. The van der Waals surface area contributed by atoms with Crippen LogP contribution in [0.5, 0.6) is 0 Å². The Labute approximate surface area is 125 Å². The van der Waals surface area contributed by atoms with Crippen molar-refractivity contribution in [3.05, 3.63) is 71.2 Å². The molecule has 0 aliphatic heterocycles. The van der Waals surface area contributed by atoms with Gasteiger partial charge < -0.3 is 9.73 Å². The molecule has 0 radical (unpaired) electrons. The van der Waals surface area contributed by atoms with Crippen molar-refractivity contribution in [2.45, 2.75) is 26.8 Å². The largest absolute Gasteiger partial charge is 0.469 e. The quantitative estimate of drug-likeness (QED) is 0.745. The minimum atomic E-state index is 0.165. The second kappa shape index (κ2) is 5.74. The van der Waals surface area contributed by atoms with Crippen LogP contribution in [0, 0.1) is 13.8 Å². The van der Waals surface area contributed by atoms with E-state index in [4.69, 9.17) is 4.42 Å². The van der Waals surface area contributed by atoms with E-state index in [0.29, 0.717) is 0 Å². The molecular weight excluding hydrogens is 258 g/mol. The zero-order chi connectivity index (χ0) is 14.8. The van der Waals surface area contributed by atoms with Gasteiger partial charge in [-0.25, -0.2) is 0 Å². The van der Waals surface area contributed by atoms with Crippen molar-refractivity contribution in [3.8, 4) is 0 Å². The van der Waals surface area contributed by atoms with Crippen molar-refractivity contribution in [2.24, 2.45) is 0 Å². The molecule has 21 heavy (non-hydrogen) atoms. The molecule has 3 aromatic rings. The SMILES string of the molecule is CCNC(c1coc(C)c1)c1ccc(C)c2ccccc12. The molecule has 1 N–H and O–H groups in total. The van der Waals surface area contributed by atoms with Crippen molar-refractivity contribution in [2.75, 3.05) is 6.54 Å². The van der Waals surface area contributed by atoms with Crippen LogP contribution in [0.2, 0.25) is 0 Å². The third-order valence-electron chi connectivity index (χ3n) is 3.98. The van der Waals surface area contributed by atoms with Crippen LogP contribution < -0.4 is 5.32 Å². The summed E-state index contributed by atoms with van der Waals surface area (Å²) in [6.07, 6.45) is 1.86. The predicted molar refractivity (Wildman–Crippen MR) is 87.6 cm³/mol. The Bertz CT molecular complexity index is 757. The number of benzene rings is 2. The summed E-state index contributed by atoms with van der Waals surface area (Å²) in [4.78, 5) is 0. The van der Waals surface area contributed by atoms with E-state index in [1.165, 1.54) is 27.5 Å². The van der Waals surface area contributed by atoms with Crippen molar-refractivity contribution in [1.29, 1.82) is 0 Å². The highest BCUT2D eigenvalue weighted by Crippen LogP contribution is 2.31. The highest BCUT2D eigenvalue weighted by molar-refractivity contribution is 5.89. The maximum atomic E-state index is 5.51. The van der Waals surface area contributed by atoms with Gasteiger partial charge >= 0.3 is 0 Å². The zero-order valence-electron chi connectivity index (χ0n) is 12.8. The lowest BCUT2D eigenvalue weighted by Crippen LogP contribution is -2.21. The molecule has 2 nitrogen and oxygen atoms in total. The maximum Gasteiger partial charge on any atom is 0.101 e. The van der Waals surface area contributed by atoms with Gasteiger partial charge in [0.2, 0.25) is 0 Å². The fourth-order valence-corrected chi connectivity index (χ4v) is 2.95. The van der Waals surface area contributed by atoms with E-state index in [1.54, 1.807) is 0 Å². The Morgan fingerprint density at radius 1 is 1.05 bits per heavy atom. The first kappa shape index (κ1) is 13.9. The average Bonchev–Trinajstić information content (AvgIpc) is 2.92. The third kappa shape index (κ3) is 2.59. The van der Waals surface area contributed by atoms with Crippen LogP contribution in [0.15, 0.2) is 53.1 Å². The average molecular weight is 279 g/mol. The molecule has 0 amide bonds. The monoisotopic (exact) mass is 279 g/mol. The summed E-state index contributed by atoms with van der Waals surface area (Å²) in [5.41, 5.74) is 3.80. The summed E-state index contributed by atoms with van der Waals surface area (Å²) >= 11 is 0. The minimum absolute atomic E-state index is 0.165. The molecule has 0 fully saturated rings. The molecule has 1 atom stereocenters. The van der Waals surface area contributed by atoms with Gasteiger partial charge in [0.1, 0.15) is 5.76 Å². The number of nitrogens with one attached hydrogen (secondary N) is 1. The third-order valence-corrected chi connectivity index (χ3v) is 3.98. The Balaban J connectivity index is 2.18. The van der Waals surface area contributed by atoms with E-state index in [1.807, 2.05) is 13.2 Å². The number of hydrogen-bond acceptors (Lipinski definition) is 2. The standard InChI is InChI=1S/C19H21NO/c1-4-20-19(15-11-14(3)21-12-15)18-10-9-13(2)16-7-5-6-8-17(16)18/h5-12,19-20H,4H2,1-3H3. The molecule has 2 aromatic carbocycles. The Morgan fingerprint density at radius 2 is 1.81 bits per heavy atom. The Kier molecular flexibility index (Phi) is 3.80. The first-order chi connectivity index (χ1) is 10.2. The number of hydrogen-bond donors (Lipinski definition) is 1. The summed E-state index contributed by atoms with van der Waals surface area (Å²) in [5.74, 6) is 0.948. The van der Waals surface area contributed by atoms with Gasteiger partial charge in [-0.2, -0.15) is 0 Å². The number of fused-ring (bicyclic) bond motifs is 1. The molecule has 1 unspecified atom stereocenters. The van der Waals surface area contributed by atoms with Crippen LogP contribution in [-0.4, -0.2) is 6.54 Å². The zero-order valence-corrected chi connectivity index (χ0v) is 12.8. The van der Waals surface area contributed by atoms with E-state index >= 15 is 0 Å². The smallest absolute Gasteiger partial charge is 0.101 e. The van der Waals surface area contributed by atoms with Crippen LogP contribution in [0.1, 0.15) is 35.4 Å². The van der Waals surface area contributed by atoms with Crippen molar-refractivity contribution < 1.29 is 4.42 Å². The van der Waals surface area contributed by atoms with Crippen molar-refractivity contribution in [3.63, 3.8) is 0 Å². The molecule has 0 aliphatic rings. The molecule has 0 saturated heterocycles. The number of furan rings is 1. The summed E-state index contributed by atoms with van der Waals surface area (Å²) in [5, 5.41) is 6.21. The van der Waals surface area contributed by atoms with Gasteiger partial charge in [0.15, 0.2) is 0 Å². The normalized spacial score (nSPS) is 12.7. The lowest BCUT2D eigenvalue weighted by molar-refractivity contribution is 0.526. The topological polar surface area (TPSA) is 25.2 Å². The number of aryl methyl sites for hydroxylation is 2. The molecule has 1 aromatic heterocycles. The lowest BCUT2D eigenvalue weighted by atomic mass is 9.93. The molecule has 0 aliphatic carbocycles. The molecule has 0 saturated carbocycles. The van der Waals surface area contributed by atoms with Crippen LogP contribution in [0.25, 0.3) is 10.8 Å². The Morgan fingerprint density at radius 3 is 2.48 bits per heavy atom. The van der Waals surface area contributed by atoms with E-state index in [9.17, 15) is 0 Å². The summed E-state index contributed by atoms with van der Waals surface area (Å²) in [7, 11) is 0. The van der Waals surface area contributed by atoms with Crippen molar-refractivity contribution >= 4 is 10.8 Å². The fourth-order valence-electron chi connectivity index (χ4n) is 2.95. The van der Waals surface area contributed by atoms with Crippen LogP contribution in [0.4, 0.5) is 0 Å². The fraction of sp³-hybridized carbons (Fsp3) is 0.263. The van der Waals surface area contributed by atoms with Gasteiger partial charge in [0, 0.05) is 5.56 Å². The van der Waals surface area contributed by atoms with E-state index in [0.717, 1.165) is 12.3 Å². The summed E-state index contributed by atoms with van der Waals surface area (Å²) in [6.45, 7) is 7.20.